The Bertz CT molecular complexity index is 435. The highest BCUT2D eigenvalue weighted by Gasteiger charge is 2.32. The average Bonchev–Trinajstić information content (AvgIpc) is 2.30. The van der Waals surface area contributed by atoms with Gasteiger partial charge in [-0.3, -0.25) is 0 Å². The quantitative estimate of drug-likeness (QED) is 0.774. The Morgan fingerprint density at radius 2 is 1.84 bits per heavy atom. The molecule has 1 rings (SSSR count). The number of hydrogen-bond donors (Lipinski definition) is 0. The molecule has 1 heterocycles. The van der Waals surface area contributed by atoms with Crippen molar-refractivity contribution in [2.45, 2.75) is 39.8 Å². The zero-order chi connectivity index (χ0) is 14.6. The molecule has 0 bridgehead atoms. The predicted molar refractivity (Wildman–Crippen MR) is 69.7 cm³/mol. The van der Waals surface area contributed by atoms with Gasteiger partial charge >= 0.3 is 6.18 Å². The normalized spacial score (nSPS) is 11.7. The van der Waals surface area contributed by atoms with Crippen LogP contribution in [0.4, 0.5) is 19.0 Å². The molecule has 0 N–H and O–H groups in total. The van der Waals surface area contributed by atoms with Crippen molar-refractivity contribution >= 4 is 17.4 Å². The monoisotopic (exact) mass is 295 g/mol. The molecule has 3 nitrogen and oxygen atoms in total. The van der Waals surface area contributed by atoms with Crippen molar-refractivity contribution in [1.29, 1.82) is 0 Å². The van der Waals surface area contributed by atoms with Gasteiger partial charge in [0.2, 0.25) is 0 Å². The van der Waals surface area contributed by atoms with E-state index in [0.717, 1.165) is 0 Å². The molecule has 7 heteroatoms. The molecule has 1 aromatic rings. The van der Waals surface area contributed by atoms with Crippen LogP contribution in [0.15, 0.2) is 0 Å². The molecular weight excluding hydrogens is 279 g/mol. The fourth-order valence-electron chi connectivity index (χ4n) is 1.73. The maximum atomic E-state index is 12.6. The number of rotatable bonds is 5. The number of halogens is 4. The fraction of sp³-hybridized carbons (Fsp3) is 0.667. The highest BCUT2D eigenvalue weighted by molar-refractivity contribution is 6.30. The van der Waals surface area contributed by atoms with Crippen LogP contribution in [-0.4, -0.2) is 29.2 Å². The summed E-state index contributed by atoms with van der Waals surface area (Å²) < 4.78 is 37.8. The van der Waals surface area contributed by atoms with Gasteiger partial charge in [-0.1, -0.05) is 25.4 Å². The molecule has 0 aliphatic heterocycles. The Hall–Kier alpha value is -1.04. The maximum Gasteiger partial charge on any atom is 0.405 e. The molecule has 108 valence electrons. The second kappa shape index (κ2) is 6.41. The van der Waals surface area contributed by atoms with Crippen molar-refractivity contribution in [2.75, 3.05) is 18.0 Å². The number of hydrogen-bond acceptors (Lipinski definition) is 3. The lowest BCUT2D eigenvalue weighted by molar-refractivity contribution is -0.119. The van der Waals surface area contributed by atoms with Crippen LogP contribution in [-0.2, 0) is 6.42 Å². The van der Waals surface area contributed by atoms with Crippen molar-refractivity contribution in [1.82, 2.24) is 9.97 Å². The summed E-state index contributed by atoms with van der Waals surface area (Å²) in [6.45, 7) is 4.53. The lowest BCUT2D eigenvalue weighted by atomic mass is 10.2. The van der Waals surface area contributed by atoms with Crippen LogP contribution in [0.1, 0.15) is 31.7 Å². The number of aryl methyl sites for hydroxylation is 1. The zero-order valence-electron chi connectivity index (χ0n) is 11.2. The molecule has 0 atom stereocenters. The molecule has 0 aliphatic rings. The Morgan fingerprint density at radius 3 is 2.32 bits per heavy atom. The molecule has 0 spiro atoms. The minimum Gasteiger partial charge on any atom is -0.347 e. The number of alkyl halides is 3. The third kappa shape index (κ3) is 4.53. The molecule has 0 aliphatic carbocycles. The Labute approximate surface area is 115 Å². The van der Waals surface area contributed by atoms with Gasteiger partial charge in [0.25, 0.3) is 0 Å². The van der Waals surface area contributed by atoms with Crippen molar-refractivity contribution < 1.29 is 13.2 Å². The van der Waals surface area contributed by atoms with Crippen molar-refractivity contribution in [3.63, 3.8) is 0 Å². The molecule has 0 radical (unpaired) electrons. The standard InChI is InChI=1S/C12H17ClF3N3/c1-4-6-19(7-12(14,15)16)11-8(3)10(13)17-9(5-2)18-11/h4-7H2,1-3H3. The van der Waals surface area contributed by atoms with Gasteiger partial charge in [-0.05, 0) is 13.3 Å². The molecule has 0 aromatic carbocycles. The average molecular weight is 296 g/mol. The van der Waals surface area contributed by atoms with E-state index in [-0.39, 0.29) is 17.5 Å². The summed E-state index contributed by atoms with van der Waals surface area (Å²) in [4.78, 5) is 9.43. The number of anilines is 1. The van der Waals surface area contributed by atoms with Gasteiger partial charge in [-0.2, -0.15) is 13.2 Å². The summed E-state index contributed by atoms with van der Waals surface area (Å²) >= 11 is 5.95. The molecule has 0 saturated carbocycles. The lowest BCUT2D eigenvalue weighted by Gasteiger charge is -2.26. The van der Waals surface area contributed by atoms with E-state index in [1.807, 2.05) is 13.8 Å². The van der Waals surface area contributed by atoms with Crippen LogP contribution in [0.5, 0.6) is 0 Å². The van der Waals surface area contributed by atoms with Crippen LogP contribution in [0.2, 0.25) is 5.15 Å². The van der Waals surface area contributed by atoms with Crippen LogP contribution in [0, 0.1) is 6.92 Å². The first kappa shape index (κ1) is 16.0. The lowest BCUT2D eigenvalue weighted by Crippen LogP contribution is -2.36. The van der Waals surface area contributed by atoms with Gasteiger partial charge in [-0.25, -0.2) is 9.97 Å². The summed E-state index contributed by atoms with van der Waals surface area (Å²) in [7, 11) is 0. The first-order valence-electron chi connectivity index (χ1n) is 6.13. The maximum absolute atomic E-state index is 12.6. The van der Waals surface area contributed by atoms with Crippen molar-refractivity contribution in [3.8, 4) is 0 Å². The molecule has 1 aromatic heterocycles. The zero-order valence-corrected chi connectivity index (χ0v) is 11.9. The molecule has 19 heavy (non-hydrogen) atoms. The van der Waals surface area contributed by atoms with E-state index >= 15 is 0 Å². The smallest absolute Gasteiger partial charge is 0.347 e. The minimum atomic E-state index is -4.27. The first-order chi connectivity index (χ1) is 8.78. The van der Waals surface area contributed by atoms with E-state index < -0.39 is 12.7 Å². The summed E-state index contributed by atoms with van der Waals surface area (Å²) in [5.41, 5.74) is 0.483. The summed E-state index contributed by atoms with van der Waals surface area (Å²) in [5.74, 6) is 0.727. The molecule has 0 amide bonds. The van der Waals surface area contributed by atoms with E-state index in [2.05, 4.69) is 9.97 Å². The molecule has 0 fully saturated rings. The van der Waals surface area contributed by atoms with E-state index in [1.54, 1.807) is 6.92 Å². The van der Waals surface area contributed by atoms with Gasteiger partial charge in [0.05, 0.1) is 0 Å². The van der Waals surface area contributed by atoms with E-state index in [9.17, 15) is 13.2 Å². The minimum absolute atomic E-state index is 0.213. The summed E-state index contributed by atoms with van der Waals surface area (Å²) in [6, 6.07) is 0. The van der Waals surface area contributed by atoms with Crippen LogP contribution in [0.25, 0.3) is 0 Å². The predicted octanol–water partition coefficient (Wildman–Crippen LogP) is 3.78. The second-order valence-corrected chi connectivity index (χ2v) is 4.63. The van der Waals surface area contributed by atoms with Crippen LogP contribution in [0.3, 0.4) is 0 Å². The van der Waals surface area contributed by atoms with E-state index in [0.29, 0.717) is 24.2 Å². The summed E-state index contributed by atoms with van der Waals surface area (Å²) in [6.07, 6.45) is -3.15. The van der Waals surface area contributed by atoms with Crippen molar-refractivity contribution in [3.05, 3.63) is 16.5 Å². The topological polar surface area (TPSA) is 29.0 Å². The van der Waals surface area contributed by atoms with E-state index in [1.165, 1.54) is 4.90 Å². The highest BCUT2D eigenvalue weighted by Crippen LogP contribution is 2.27. The number of aromatic nitrogens is 2. The highest BCUT2D eigenvalue weighted by atomic mass is 35.5. The van der Waals surface area contributed by atoms with Gasteiger partial charge in [0.1, 0.15) is 23.3 Å². The van der Waals surface area contributed by atoms with Gasteiger partial charge in [-0.15, -0.1) is 0 Å². The Kier molecular flexibility index (Phi) is 5.40. The van der Waals surface area contributed by atoms with Gasteiger partial charge < -0.3 is 4.90 Å². The number of nitrogens with zero attached hydrogens (tertiary/aromatic N) is 3. The van der Waals surface area contributed by atoms with E-state index in [4.69, 9.17) is 11.6 Å². The third-order valence-corrected chi connectivity index (χ3v) is 2.95. The Balaban J connectivity index is 3.17. The van der Waals surface area contributed by atoms with Gasteiger partial charge in [0, 0.05) is 18.5 Å². The first-order valence-corrected chi connectivity index (χ1v) is 6.51. The molecule has 0 saturated heterocycles. The van der Waals surface area contributed by atoms with Crippen LogP contribution >= 0.6 is 11.6 Å². The van der Waals surface area contributed by atoms with Gasteiger partial charge in [0.15, 0.2) is 0 Å². The van der Waals surface area contributed by atoms with Crippen molar-refractivity contribution in [2.24, 2.45) is 0 Å². The summed E-state index contributed by atoms with van der Waals surface area (Å²) in [5, 5.41) is 0.213. The molecular formula is C12H17ClF3N3. The largest absolute Gasteiger partial charge is 0.405 e. The third-order valence-electron chi connectivity index (χ3n) is 2.59. The SMILES string of the molecule is CCCN(CC(F)(F)F)c1nc(CC)nc(Cl)c1C. The fourth-order valence-corrected chi connectivity index (χ4v) is 1.91. The Morgan fingerprint density at radius 1 is 1.21 bits per heavy atom. The molecule has 0 unspecified atom stereocenters. The van der Waals surface area contributed by atoms with Crippen LogP contribution < -0.4 is 4.90 Å². The second-order valence-electron chi connectivity index (χ2n) is 4.27.